The van der Waals surface area contributed by atoms with E-state index in [1.54, 1.807) is 0 Å². The number of rotatable bonds is 3. The SMILES string of the molecule is N[C@H]1CC[C@@H](Oc2cc(N3CCOCC3)cc3nc[nH]c(=O)c23)CC1. The lowest BCUT2D eigenvalue weighted by Gasteiger charge is -2.30. The van der Waals surface area contributed by atoms with E-state index in [-0.39, 0.29) is 17.7 Å². The van der Waals surface area contributed by atoms with E-state index in [1.807, 2.05) is 12.1 Å². The summed E-state index contributed by atoms with van der Waals surface area (Å²) in [6.45, 7) is 3.06. The van der Waals surface area contributed by atoms with Crippen molar-refractivity contribution in [1.82, 2.24) is 9.97 Å². The molecular weight excluding hydrogens is 320 g/mol. The first-order valence-corrected chi connectivity index (χ1v) is 8.97. The zero-order valence-electron chi connectivity index (χ0n) is 14.2. The smallest absolute Gasteiger partial charge is 0.262 e. The summed E-state index contributed by atoms with van der Waals surface area (Å²) in [7, 11) is 0. The molecule has 1 saturated heterocycles. The number of nitrogens with one attached hydrogen (secondary N) is 1. The van der Waals surface area contributed by atoms with Crippen LogP contribution in [0.15, 0.2) is 23.3 Å². The molecule has 134 valence electrons. The topological polar surface area (TPSA) is 93.5 Å². The van der Waals surface area contributed by atoms with Gasteiger partial charge >= 0.3 is 0 Å². The van der Waals surface area contributed by atoms with Crippen LogP contribution in [0.1, 0.15) is 25.7 Å². The molecule has 7 heteroatoms. The monoisotopic (exact) mass is 344 g/mol. The third-order valence-electron chi connectivity index (χ3n) is 5.08. The first-order valence-electron chi connectivity index (χ1n) is 8.97. The molecule has 1 aromatic heterocycles. The minimum atomic E-state index is -0.166. The second-order valence-corrected chi connectivity index (χ2v) is 6.82. The molecule has 0 radical (unpaired) electrons. The van der Waals surface area contributed by atoms with Gasteiger partial charge in [-0.1, -0.05) is 0 Å². The quantitative estimate of drug-likeness (QED) is 0.874. The first kappa shape index (κ1) is 16.4. The van der Waals surface area contributed by atoms with E-state index in [1.165, 1.54) is 6.33 Å². The van der Waals surface area contributed by atoms with E-state index in [2.05, 4.69) is 14.9 Å². The number of hydrogen-bond acceptors (Lipinski definition) is 6. The van der Waals surface area contributed by atoms with Crippen LogP contribution < -0.4 is 20.9 Å². The maximum absolute atomic E-state index is 12.4. The van der Waals surface area contributed by atoms with Crippen LogP contribution in [0, 0.1) is 0 Å². The van der Waals surface area contributed by atoms with Crippen molar-refractivity contribution in [3.63, 3.8) is 0 Å². The van der Waals surface area contributed by atoms with Crippen molar-refractivity contribution < 1.29 is 9.47 Å². The molecule has 2 heterocycles. The maximum atomic E-state index is 12.4. The molecule has 0 amide bonds. The minimum Gasteiger partial charge on any atom is -0.489 e. The average Bonchev–Trinajstić information content (AvgIpc) is 2.64. The number of benzene rings is 1. The molecule has 1 aromatic carbocycles. The Bertz CT molecular complexity index is 792. The van der Waals surface area contributed by atoms with Crippen molar-refractivity contribution in [1.29, 1.82) is 0 Å². The third-order valence-corrected chi connectivity index (χ3v) is 5.08. The highest BCUT2D eigenvalue weighted by molar-refractivity contribution is 5.88. The van der Waals surface area contributed by atoms with E-state index in [0.29, 0.717) is 29.9 Å². The van der Waals surface area contributed by atoms with Gasteiger partial charge in [-0.05, 0) is 31.7 Å². The average molecular weight is 344 g/mol. The number of anilines is 1. The second kappa shape index (κ2) is 7.01. The van der Waals surface area contributed by atoms with Gasteiger partial charge in [0.2, 0.25) is 0 Å². The number of ether oxygens (including phenoxy) is 2. The van der Waals surface area contributed by atoms with Crippen molar-refractivity contribution in [3.05, 3.63) is 28.8 Å². The van der Waals surface area contributed by atoms with Gasteiger partial charge in [0.15, 0.2) is 0 Å². The van der Waals surface area contributed by atoms with E-state index < -0.39 is 0 Å². The lowest BCUT2D eigenvalue weighted by molar-refractivity contribution is 0.122. The molecule has 3 N–H and O–H groups in total. The summed E-state index contributed by atoms with van der Waals surface area (Å²) in [5, 5.41) is 0.523. The number of aromatic amines is 1. The van der Waals surface area contributed by atoms with Gasteiger partial charge in [0.25, 0.3) is 5.56 Å². The molecule has 0 unspecified atom stereocenters. The maximum Gasteiger partial charge on any atom is 0.262 e. The number of aromatic nitrogens is 2. The number of hydrogen-bond donors (Lipinski definition) is 2. The molecule has 1 saturated carbocycles. The van der Waals surface area contributed by atoms with E-state index in [4.69, 9.17) is 15.2 Å². The van der Waals surface area contributed by atoms with Gasteiger partial charge in [-0.2, -0.15) is 0 Å². The molecule has 2 aromatic rings. The van der Waals surface area contributed by atoms with Gasteiger partial charge < -0.3 is 25.1 Å². The van der Waals surface area contributed by atoms with Gasteiger partial charge in [-0.15, -0.1) is 0 Å². The summed E-state index contributed by atoms with van der Waals surface area (Å²) in [6, 6.07) is 4.19. The molecule has 4 rings (SSSR count). The van der Waals surface area contributed by atoms with Crippen LogP contribution in [-0.4, -0.2) is 48.4 Å². The van der Waals surface area contributed by atoms with E-state index >= 15 is 0 Å². The van der Waals surface area contributed by atoms with E-state index in [9.17, 15) is 4.79 Å². The van der Waals surface area contributed by atoms with Gasteiger partial charge in [-0.3, -0.25) is 4.79 Å². The van der Waals surface area contributed by atoms with Gasteiger partial charge in [0.05, 0.1) is 31.2 Å². The molecule has 2 aliphatic rings. The summed E-state index contributed by atoms with van der Waals surface area (Å²) in [5.41, 5.74) is 7.51. The molecule has 0 bridgehead atoms. The minimum absolute atomic E-state index is 0.0996. The van der Waals surface area contributed by atoms with E-state index in [0.717, 1.165) is 44.5 Å². The normalized spacial score (nSPS) is 24.4. The summed E-state index contributed by atoms with van der Waals surface area (Å²) >= 11 is 0. The van der Waals surface area contributed by atoms with Gasteiger partial charge in [0, 0.05) is 30.9 Å². The summed E-state index contributed by atoms with van der Waals surface area (Å²) < 4.78 is 11.7. The number of nitrogens with two attached hydrogens (primary N) is 1. The Morgan fingerprint density at radius 3 is 2.72 bits per heavy atom. The molecule has 0 atom stereocenters. The zero-order valence-corrected chi connectivity index (χ0v) is 14.2. The fraction of sp³-hybridized carbons (Fsp3) is 0.556. The Morgan fingerprint density at radius 1 is 1.20 bits per heavy atom. The van der Waals surface area contributed by atoms with Crippen LogP contribution in [0.2, 0.25) is 0 Å². The largest absolute Gasteiger partial charge is 0.489 e. The van der Waals surface area contributed by atoms with Crippen LogP contribution in [0.3, 0.4) is 0 Å². The lowest BCUT2D eigenvalue weighted by Crippen LogP contribution is -2.36. The highest BCUT2D eigenvalue weighted by Gasteiger charge is 2.22. The summed E-state index contributed by atoms with van der Waals surface area (Å²) in [5.74, 6) is 0.619. The van der Waals surface area contributed by atoms with Crippen LogP contribution in [0.25, 0.3) is 10.9 Å². The Kier molecular flexibility index (Phi) is 4.59. The van der Waals surface area contributed by atoms with Crippen molar-refractivity contribution in [2.75, 3.05) is 31.2 Å². The number of H-pyrrole nitrogens is 1. The molecule has 2 fully saturated rings. The third kappa shape index (κ3) is 3.48. The molecule has 1 aliphatic carbocycles. The van der Waals surface area contributed by atoms with Crippen LogP contribution >= 0.6 is 0 Å². The number of morpholine rings is 1. The predicted molar refractivity (Wildman–Crippen MR) is 96.3 cm³/mol. The zero-order chi connectivity index (χ0) is 17.2. The van der Waals surface area contributed by atoms with Crippen LogP contribution in [-0.2, 0) is 4.74 Å². The Hall–Kier alpha value is -2.12. The molecule has 1 aliphatic heterocycles. The lowest BCUT2D eigenvalue weighted by atomic mass is 9.93. The summed E-state index contributed by atoms with van der Waals surface area (Å²) in [4.78, 5) is 21.6. The van der Waals surface area contributed by atoms with Gasteiger partial charge in [0.1, 0.15) is 11.1 Å². The molecular formula is C18H24N4O3. The standard InChI is InChI=1S/C18H24N4O3/c19-12-1-3-14(4-2-12)25-16-10-13(22-5-7-24-8-6-22)9-15-17(16)18(23)21-11-20-15/h9-12,14H,1-8,19H2,(H,20,21,23)/t12-,14+. The van der Waals surface area contributed by atoms with Crippen molar-refractivity contribution in [2.24, 2.45) is 5.73 Å². The Morgan fingerprint density at radius 2 is 1.96 bits per heavy atom. The Labute approximate surface area is 146 Å². The van der Waals surface area contributed by atoms with Crippen LogP contribution in [0.5, 0.6) is 5.75 Å². The fourth-order valence-electron chi connectivity index (χ4n) is 3.63. The fourth-order valence-corrected chi connectivity index (χ4v) is 3.63. The first-order chi connectivity index (χ1) is 12.2. The second-order valence-electron chi connectivity index (χ2n) is 6.82. The summed E-state index contributed by atoms with van der Waals surface area (Å²) in [6.07, 6.45) is 5.30. The van der Waals surface area contributed by atoms with Crippen molar-refractivity contribution in [2.45, 2.75) is 37.8 Å². The Balaban J connectivity index is 1.70. The molecule has 7 nitrogen and oxygen atoms in total. The highest BCUT2D eigenvalue weighted by Crippen LogP contribution is 2.32. The van der Waals surface area contributed by atoms with Gasteiger partial charge in [-0.25, -0.2) is 4.98 Å². The molecule has 0 spiro atoms. The van der Waals surface area contributed by atoms with Crippen molar-refractivity contribution >= 4 is 16.6 Å². The highest BCUT2D eigenvalue weighted by atomic mass is 16.5. The predicted octanol–water partition coefficient (Wildman–Crippen LogP) is 1.41. The van der Waals surface area contributed by atoms with Crippen LogP contribution in [0.4, 0.5) is 5.69 Å². The number of fused-ring (bicyclic) bond motifs is 1. The van der Waals surface area contributed by atoms with Crippen molar-refractivity contribution in [3.8, 4) is 5.75 Å². The number of nitrogens with zero attached hydrogens (tertiary/aromatic N) is 2. The molecule has 25 heavy (non-hydrogen) atoms.